The first-order chi connectivity index (χ1) is 14.4. The zero-order valence-corrected chi connectivity index (χ0v) is 15.8. The predicted octanol–water partition coefficient (Wildman–Crippen LogP) is 7.34. The second-order valence-corrected chi connectivity index (χ2v) is 6.92. The molecule has 0 bridgehead atoms. The second-order valence-electron chi connectivity index (χ2n) is 6.92. The number of hydrogen-bond donors (Lipinski definition) is 0. The van der Waals surface area contributed by atoms with E-state index in [1.807, 2.05) is 36.4 Å². The molecule has 1 aromatic heterocycles. The first-order valence-electron chi connectivity index (χ1n) is 9.64. The summed E-state index contributed by atoms with van der Waals surface area (Å²) in [5, 5.41) is 0. The van der Waals surface area contributed by atoms with Crippen LogP contribution in [0.25, 0.3) is 45.0 Å². The van der Waals surface area contributed by atoms with E-state index in [1.54, 1.807) is 6.20 Å². The van der Waals surface area contributed by atoms with Crippen molar-refractivity contribution in [2.24, 2.45) is 0 Å². The van der Waals surface area contributed by atoms with Crippen molar-refractivity contribution in [3.8, 4) is 45.0 Å². The molecule has 0 amide bonds. The van der Waals surface area contributed by atoms with Crippen molar-refractivity contribution in [3.63, 3.8) is 0 Å². The van der Waals surface area contributed by atoms with Crippen LogP contribution in [0.4, 0.5) is 0 Å². The summed E-state index contributed by atoms with van der Waals surface area (Å²) in [5.41, 5.74) is 6.81. The lowest BCUT2D eigenvalue weighted by atomic mass is 10.00. The third-order valence-electron chi connectivity index (χ3n) is 5.02. The highest BCUT2D eigenvalue weighted by molar-refractivity contribution is 5.72. The van der Waals surface area contributed by atoms with Crippen LogP contribution in [0.5, 0.6) is 0 Å². The number of hydrogen-bond acceptors (Lipinski definition) is 2. The molecular weight excluding hydrogens is 354 g/mol. The lowest BCUT2D eigenvalue weighted by Gasteiger charge is -2.06. The molecule has 2 heteroatoms. The van der Waals surface area contributed by atoms with Crippen LogP contribution in [0.1, 0.15) is 0 Å². The topological polar surface area (TPSA) is 26.0 Å². The first-order valence-corrected chi connectivity index (χ1v) is 9.64. The number of nitrogens with zero attached hydrogens (tertiary/aromatic N) is 1. The van der Waals surface area contributed by atoms with Gasteiger partial charge in [-0.2, -0.15) is 0 Å². The molecule has 29 heavy (non-hydrogen) atoms. The summed E-state index contributed by atoms with van der Waals surface area (Å²) in [4.78, 5) is 4.44. The monoisotopic (exact) mass is 373 g/mol. The van der Waals surface area contributed by atoms with E-state index in [4.69, 9.17) is 4.42 Å². The van der Waals surface area contributed by atoms with Crippen molar-refractivity contribution in [3.05, 3.63) is 115 Å². The molecular formula is C27H19NO. The van der Waals surface area contributed by atoms with E-state index in [1.165, 1.54) is 22.3 Å². The highest BCUT2D eigenvalue weighted by atomic mass is 16.4. The molecule has 0 aliphatic rings. The highest BCUT2D eigenvalue weighted by Gasteiger charge is 2.09. The van der Waals surface area contributed by atoms with Crippen molar-refractivity contribution < 1.29 is 4.42 Å². The largest absolute Gasteiger partial charge is 0.436 e. The van der Waals surface area contributed by atoms with Gasteiger partial charge in [-0.3, -0.25) is 0 Å². The average Bonchev–Trinajstić information content (AvgIpc) is 3.31. The van der Waals surface area contributed by atoms with Crippen molar-refractivity contribution in [1.82, 2.24) is 4.98 Å². The Bertz CT molecular complexity index is 1210. The third-order valence-corrected chi connectivity index (χ3v) is 5.02. The van der Waals surface area contributed by atoms with Crippen LogP contribution in [0.3, 0.4) is 0 Å². The summed E-state index contributed by atoms with van der Waals surface area (Å²) in [7, 11) is 0. The molecule has 4 aromatic carbocycles. The number of oxazole rings is 1. The normalized spacial score (nSPS) is 10.8. The van der Waals surface area contributed by atoms with Gasteiger partial charge in [-0.15, -0.1) is 0 Å². The second kappa shape index (κ2) is 7.61. The molecule has 2 nitrogen and oxygen atoms in total. The maximum absolute atomic E-state index is 5.95. The molecule has 0 saturated heterocycles. The molecule has 5 aromatic rings. The molecule has 0 saturated carbocycles. The zero-order valence-electron chi connectivity index (χ0n) is 15.8. The van der Waals surface area contributed by atoms with Gasteiger partial charge in [0.05, 0.1) is 6.20 Å². The minimum absolute atomic E-state index is 0.634. The predicted molar refractivity (Wildman–Crippen MR) is 118 cm³/mol. The van der Waals surface area contributed by atoms with E-state index in [2.05, 4.69) is 77.8 Å². The van der Waals surface area contributed by atoms with Gasteiger partial charge in [-0.05, 0) is 34.4 Å². The SMILES string of the molecule is c1ccc(-c2ccc(-c3ccc(-c4ncc(-c5ccccc5)o4)cc3)cc2)cc1. The minimum Gasteiger partial charge on any atom is -0.436 e. The molecule has 0 atom stereocenters. The molecule has 1 heterocycles. The zero-order chi connectivity index (χ0) is 19.5. The van der Waals surface area contributed by atoms with Crippen molar-refractivity contribution in [2.45, 2.75) is 0 Å². The number of aromatic nitrogens is 1. The Balaban J connectivity index is 1.37. The Morgan fingerprint density at radius 2 is 0.828 bits per heavy atom. The van der Waals surface area contributed by atoms with Gasteiger partial charge >= 0.3 is 0 Å². The van der Waals surface area contributed by atoms with E-state index in [0.29, 0.717) is 5.89 Å². The van der Waals surface area contributed by atoms with Crippen LogP contribution in [0.2, 0.25) is 0 Å². The van der Waals surface area contributed by atoms with Crippen molar-refractivity contribution in [1.29, 1.82) is 0 Å². The third kappa shape index (κ3) is 3.61. The standard InChI is InChI=1S/C27H19NO/c1-3-7-20(8-4-1)21-11-13-22(14-12-21)23-15-17-25(18-16-23)27-28-19-26(29-27)24-9-5-2-6-10-24/h1-19H. The van der Waals surface area contributed by atoms with Gasteiger partial charge in [0, 0.05) is 11.1 Å². The van der Waals surface area contributed by atoms with E-state index in [9.17, 15) is 0 Å². The fraction of sp³-hybridized carbons (Fsp3) is 0. The first kappa shape index (κ1) is 17.2. The summed E-state index contributed by atoms with van der Waals surface area (Å²) in [6, 6.07) is 37.4. The fourth-order valence-electron chi connectivity index (χ4n) is 3.43. The van der Waals surface area contributed by atoms with Gasteiger partial charge in [-0.25, -0.2) is 4.98 Å². The van der Waals surface area contributed by atoms with E-state index in [-0.39, 0.29) is 0 Å². The smallest absolute Gasteiger partial charge is 0.226 e. The van der Waals surface area contributed by atoms with Crippen LogP contribution in [0.15, 0.2) is 120 Å². The maximum Gasteiger partial charge on any atom is 0.226 e. The molecule has 0 aliphatic carbocycles. The van der Waals surface area contributed by atoms with E-state index >= 15 is 0 Å². The van der Waals surface area contributed by atoms with Crippen LogP contribution in [-0.2, 0) is 0 Å². The maximum atomic E-state index is 5.95. The summed E-state index contributed by atoms with van der Waals surface area (Å²) in [5.74, 6) is 1.41. The highest BCUT2D eigenvalue weighted by Crippen LogP contribution is 2.29. The van der Waals surface area contributed by atoms with Crippen LogP contribution in [0, 0.1) is 0 Å². The van der Waals surface area contributed by atoms with Crippen LogP contribution < -0.4 is 0 Å². The lowest BCUT2D eigenvalue weighted by molar-refractivity contribution is 0.589. The summed E-state index contributed by atoms with van der Waals surface area (Å²) in [6.45, 7) is 0. The fourth-order valence-corrected chi connectivity index (χ4v) is 3.43. The number of rotatable bonds is 4. The Hall–Kier alpha value is -3.91. The van der Waals surface area contributed by atoms with Gasteiger partial charge in [0.2, 0.25) is 5.89 Å². The summed E-state index contributed by atoms with van der Waals surface area (Å²) >= 11 is 0. The molecule has 0 radical (unpaired) electrons. The summed E-state index contributed by atoms with van der Waals surface area (Å²) < 4.78 is 5.95. The van der Waals surface area contributed by atoms with Gasteiger partial charge < -0.3 is 4.42 Å². The Morgan fingerprint density at radius 3 is 1.34 bits per heavy atom. The molecule has 0 unspecified atom stereocenters. The van der Waals surface area contributed by atoms with Gasteiger partial charge in [-0.1, -0.05) is 97.1 Å². The van der Waals surface area contributed by atoms with Gasteiger partial charge in [0.25, 0.3) is 0 Å². The van der Waals surface area contributed by atoms with E-state index in [0.717, 1.165) is 16.9 Å². The van der Waals surface area contributed by atoms with Gasteiger partial charge in [0.1, 0.15) is 0 Å². The molecule has 138 valence electrons. The average molecular weight is 373 g/mol. The van der Waals surface area contributed by atoms with Crippen molar-refractivity contribution >= 4 is 0 Å². The lowest BCUT2D eigenvalue weighted by Crippen LogP contribution is -1.82. The molecule has 0 spiro atoms. The molecule has 0 aliphatic heterocycles. The Morgan fingerprint density at radius 1 is 0.414 bits per heavy atom. The Labute approximate surface area is 170 Å². The van der Waals surface area contributed by atoms with E-state index < -0.39 is 0 Å². The van der Waals surface area contributed by atoms with Crippen LogP contribution >= 0.6 is 0 Å². The summed E-state index contributed by atoms with van der Waals surface area (Å²) in [6.07, 6.45) is 1.78. The number of benzene rings is 4. The minimum atomic E-state index is 0.634. The quantitative estimate of drug-likeness (QED) is 0.329. The van der Waals surface area contributed by atoms with Crippen molar-refractivity contribution in [2.75, 3.05) is 0 Å². The Kier molecular flexibility index (Phi) is 4.51. The molecule has 0 N–H and O–H groups in total. The molecule has 0 fully saturated rings. The molecule has 5 rings (SSSR count). The van der Waals surface area contributed by atoms with Gasteiger partial charge in [0.15, 0.2) is 5.76 Å². The van der Waals surface area contributed by atoms with Crippen LogP contribution in [-0.4, -0.2) is 4.98 Å².